The van der Waals surface area contributed by atoms with E-state index >= 15 is 0 Å². The number of amides is 1. The molecule has 0 bridgehead atoms. The Hall–Kier alpha value is -3.68. The van der Waals surface area contributed by atoms with Gasteiger partial charge in [0, 0.05) is 24.9 Å². The Balaban J connectivity index is 1.57. The van der Waals surface area contributed by atoms with Crippen LogP contribution in [-0.4, -0.2) is 48.7 Å². The number of carbonyl (C=O) groups excluding carboxylic acids is 2. The Morgan fingerprint density at radius 3 is 2.28 bits per heavy atom. The average molecular weight is 527 g/mol. The predicted octanol–water partition coefficient (Wildman–Crippen LogP) is 5.18. The van der Waals surface area contributed by atoms with Crippen LogP contribution in [-0.2, 0) is 24.5 Å². The molecular weight excluding hydrogens is 492 g/mol. The number of fused-ring (bicyclic) bond motifs is 3. The second kappa shape index (κ2) is 9.50. The maximum absolute atomic E-state index is 14.1. The zero-order valence-electron chi connectivity index (χ0n) is 22.7. The minimum absolute atomic E-state index is 0.104. The van der Waals surface area contributed by atoms with Gasteiger partial charge in [-0.25, -0.2) is 0 Å². The first-order valence-electron chi connectivity index (χ1n) is 13.4. The quantitative estimate of drug-likeness (QED) is 0.446. The molecular formula is C32H34N2O5. The summed E-state index contributed by atoms with van der Waals surface area (Å²) in [4.78, 5) is 30.2. The van der Waals surface area contributed by atoms with Gasteiger partial charge in [0.15, 0.2) is 0 Å². The van der Waals surface area contributed by atoms with Gasteiger partial charge in [-0.3, -0.25) is 14.5 Å². The number of ether oxygens (including phenoxy) is 3. The number of nitrogens with one attached hydrogen (secondary N) is 1. The largest absolute Gasteiger partial charge is 0.497 e. The number of carbonyl (C=O) groups is 2. The Kier molecular flexibility index (Phi) is 6.24. The molecule has 0 radical (unpaired) electrons. The third-order valence-corrected chi connectivity index (χ3v) is 8.79. The highest BCUT2D eigenvalue weighted by molar-refractivity contribution is 6.08. The van der Waals surface area contributed by atoms with Gasteiger partial charge in [-0.15, -0.1) is 0 Å². The van der Waals surface area contributed by atoms with Crippen molar-refractivity contribution in [3.63, 3.8) is 0 Å². The fraction of sp³-hybridized carbons (Fsp3) is 0.375. The minimum Gasteiger partial charge on any atom is -0.497 e. The molecule has 5 atom stereocenters. The first-order valence-corrected chi connectivity index (χ1v) is 13.4. The van der Waals surface area contributed by atoms with E-state index < -0.39 is 23.2 Å². The lowest BCUT2D eigenvalue weighted by Gasteiger charge is -2.47. The molecule has 2 saturated heterocycles. The maximum atomic E-state index is 14.1. The summed E-state index contributed by atoms with van der Waals surface area (Å²) in [6.45, 7) is 4.06. The zero-order chi connectivity index (χ0) is 27.4. The van der Waals surface area contributed by atoms with Crippen molar-refractivity contribution in [1.29, 1.82) is 0 Å². The third kappa shape index (κ3) is 4.03. The lowest BCUT2D eigenvalue weighted by Crippen LogP contribution is -2.55. The number of esters is 1. The molecule has 3 aromatic rings. The van der Waals surface area contributed by atoms with Gasteiger partial charge in [-0.2, -0.15) is 0 Å². The summed E-state index contributed by atoms with van der Waals surface area (Å²) in [6.07, 6.45) is 0.337. The van der Waals surface area contributed by atoms with Crippen LogP contribution in [0.25, 0.3) is 0 Å². The molecule has 1 amide bonds. The predicted molar refractivity (Wildman–Crippen MR) is 147 cm³/mol. The number of hydrogen-bond donors (Lipinski definition) is 1. The van der Waals surface area contributed by atoms with E-state index in [0.717, 1.165) is 22.4 Å². The molecule has 1 spiro atoms. The van der Waals surface area contributed by atoms with Crippen LogP contribution in [0.3, 0.4) is 0 Å². The van der Waals surface area contributed by atoms with Gasteiger partial charge >= 0.3 is 5.97 Å². The van der Waals surface area contributed by atoms with Crippen molar-refractivity contribution < 1.29 is 23.8 Å². The van der Waals surface area contributed by atoms with E-state index in [1.54, 1.807) is 14.2 Å². The Morgan fingerprint density at radius 1 is 0.974 bits per heavy atom. The average Bonchev–Trinajstić information content (AvgIpc) is 3.43. The summed E-state index contributed by atoms with van der Waals surface area (Å²) in [7, 11) is 3.30. The maximum Gasteiger partial charge on any atom is 0.324 e. The second-order valence-corrected chi connectivity index (χ2v) is 11.3. The first kappa shape index (κ1) is 25.6. The van der Waals surface area contributed by atoms with Crippen LogP contribution in [0.1, 0.15) is 55.5 Å². The van der Waals surface area contributed by atoms with Gasteiger partial charge in [-0.1, -0.05) is 66.7 Å². The van der Waals surface area contributed by atoms with Gasteiger partial charge in [0.2, 0.25) is 5.91 Å². The molecule has 202 valence electrons. The number of morpholine rings is 1. The van der Waals surface area contributed by atoms with E-state index in [9.17, 15) is 9.59 Å². The Bertz CT molecular complexity index is 1390. The molecule has 7 heteroatoms. The number of rotatable bonds is 6. The molecule has 39 heavy (non-hydrogen) atoms. The highest BCUT2D eigenvalue weighted by Gasteiger charge is 2.67. The van der Waals surface area contributed by atoms with Crippen molar-refractivity contribution >= 4 is 17.6 Å². The van der Waals surface area contributed by atoms with Crippen LogP contribution in [0.5, 0.6) is 5.75 Å². The van der Waals surface area contributed by atoms with E-state index in [1.165, 1.54) is 0 Å². The van der Waals surface area contributed by atoms with Gasteiger partial charge in [-0.05, 0) is 49.4 Å². The lowest BCUT2D eigenvalue weighted by atomic mass is 9.71. The molecule has 0 unspecified atom stereocenters. The molecule has 0 saturated carbocycles. The van der Waals surface area contributed by atoms with Crippen molar-refractivity contribution in [2.24, 2.45) is 0 Å². The normalized spacial score (nSPS) is 28.1. The third-order valence-electron chi connectivity index (χ3n) is 8.79. The SMILES string of the molecule is COc1ccc2c(c1)NC(=O)[C@@]21C[C@@H]2C(=O)O[C@@H](c3ccccc3)[C@@H](c3ccccc3)N2[C@H]1CC(C)(C)OC. The van der Waals surface area contributed by atoms with Crippen LogP contribution in [0.15, 0.2) is 78.9 Å². The summed E-state index contributed by atoms with van der Waals surface area (Å²) in [5.41, 5.74) is 2.06. The van der Waals surface area contributed by atoms with Gasteiger partial charge in [0.1, 0.15) is 17.9 Å². The fourth-order valence-electron chi connectivity index (χ4n) is 6.79. The van der Waals surface area contributed by atoms with Crippen molar-refractivity contribution in [2.75, 3.05) is 19.5 Å². The van der Waals surface area contributed by atoms with Crippen molar-refractivity contribution in [3.05, 3.63) is 95.6 Å². The second-order valence-electron chi connectivity index (χ2n) is 11.3. The van der Waals surface area contributed by atoms with Gasteiger partial charge < -0.3 is 19.5 Å². The zero-order valence-corrected chi connectivity index (χ0v) is 22.7. The molecule has 6 rings (SSSR count). The van der Waals surface area contributed by atoms with Crippen LogP contribution in [0.2, 0.25) is 0 Å². The van der Waals surface area contributed by atoms with E-state index in [1.807, 2.05) is 80.6 Å². The van der Waals surface area contributed by atoms with Crippen molar-refractivity contribution in [3.8, 4) is 5.75 Å². The molecule has 7 nitrogen and oxygen atoms in total. The van der Waals surface area contributed by atoms with Gasteiger partial charge in [0.05, 0.1) is 24.2 Å². The highest BCUT2D eigenvalue weighted by Crippen LogP contribution is 2.58. The molecule has 3 aliphatic rings. The van der Waals surface area contributed by atoms with Gasteiger partial charge in [0.25, 0.3) is 0 Å². The molecule has 3 heterocycles. The van der Waals surface area contributed by atoms with Crippen LogP contribution in [0, 0.1) is 0 Å². The molecule has 0 aromatic heterocycles. The van der Waals surface area contributed by atoms with Crippen LogP contribution in [0.4, 0.5) is 5.69 Å². The molecule has 3 aromatic carbocycles. The number of hydrogen-bond acceptors (Lipinski definition) is 6. The molecule has 0 aliphatic carbocycles. The van der Waals surface area contributed by atoms with Crippen LogP contribution >= 0.6 is 0 Å². The van der Waals surface area contributed by atoms with E-state index in [4.69, 9.17) is 14.2 Å². The van der Waals surface area contributed by atoms with E-state index in [2.05, 4.69) is 22.3 Å². The minimum atomic E-state index is -0.959. The topological polar surface area (TPSA) is 77.1 Å². The number of anilines is 1. The molecule has 1 N–H and O–H groups in total. The number of benzene rings is 3. The van der Waals surface area contributed by atoms with Crippen molar-refractivity contribution in [1.82, 2.24) is 4.90 Å². The summed E-state index contributed by atoms with van der Waals surface area (Å²) >= 11 is 0. The summed E-state index contributed by atoms with van der Waals surface area (Å²) < 4.78 is 17.6. The summed E-state index contributed by atoms with van der Waals surface area (Å²) in [5.74, 6) is 0.261. The standard InChI is InChI=1S/C32H34N2O5/c1-31(2,38-4)19-26-32(23-16-15-22(37-3)17-24(23)33-30(32)36)18-25-29(35)39-28(21-13-9-6-10-14-21)27(34(25)26)20-11-7-5-8-12-20/h5-17,25-28H,18-19H2,1-4H3,(H,33,36)/t25-,26+,27-,28+,32+/m1/s1. The van der Waals surface area contributed by atoms with E-state index in [-0.39, 0.29) is 24.0 Å². The highest BCUT2D eigenvalue weighted by atomic mass is 16.6. The first-order chi connectivity index (χ1) is 18.8. The van der Waals surface area contributed by atoms with Crippen molar-refractivity contribution in [2.45, 2.75) is 61.9 Å². The number of cyclic esters (lactones) is 1. The Labute approximate surface area is 229 Å². The smallest absolute Gasteiger partial charge is 0.324 e. The number of nitrogens with zero attached hydrogens (tertiary/aromatic N) is 1. The monoisotopic (exact) mass is 526 g/mol. The molecule has 2 fully saturated rings. The lowest BCUT2D eigenvalue weighted by molar-refractivity contribution is -0.176. The summed E-state index contributed by atoms with van der Waals surface area (Å²) in [6, 6.07) is 24.5. The fourth-order valence-corrected chi connectivity index (χ4v) is 6.79. The molecule has 3 aliphatic heterocycles. The number of methoxy groups -OCH3 is 2. The van der Waals surface area contributed by atoms with E-state index in [0.29, 0.717) is 18.6 Å². The van der Waals surface area contributed by atoms with Crippen LogP contribution < -0.4 is 10.1 Å². The summed E-state index contributed by atoms with van der Waals surface area (Å²) in [5, 5.41) is 3.12. The Morgan fingerprint density at radius 2 is 1.64 bits per heavy atom.